The third-order valence-electron chi connectivity index (χ3n) is 7.02. The number of benzene rings is 2. The molecule has 2 amide bonds. The zero-order valence-electron chi connectivity index (χ0n) is 21.4. The van der Waals surface area contributed by atoms with Crippen LogP contribution < -0.4 is 5.32 Å². The highest BCUT2D eigenvalue weighted by Gasteiger charge is 2.27. The quantitative estimate of drug-likeness (QED) is 0.422. The Morgan fingerprint density at radius 1 is 1.16 bits per heavy atom. The molecule has 0 radical (unpaired) electrons. The highest BCUT2D eigenvalue weighted by Crippen LogP contribution is 2.33. The molecule has 0 unspecified atom stereocenters. The molecule has 190 valence electrons. The van der Waals surface area contributed by atoms with Crippen LogP contribution in [0.25, 0.3) is 22.4 Å². The van der Waals surface area contributed by atoms with Crippen molar-refractivity contribution in [1.82, 2.24) is 19.4 Å². The Morgan fingerprint density at radius 2 is 2.00 bits per heavy atom. The van der Waals surface area contributed by atoms with Crippen LogP contribution in [-0.2, 0) is 16.6 Å². The van der Waals surface area contributed by atoms with Gasteiger partial charge in [-0.3, -0.25) is 14.6 Å². The van der Waals surface area contributed by atoms with Crippen molar-refractivity contribution in [3.8, 4) is 11.4 Å². The van der Waals surface area contributed by atoms with Crippen LogP contribution >= 0.6 is 0 Å². The van der Waals surface area contributed by atoms with Gasteiger partial charge in [0.05, 0.1) is 16.7 Å². The number of hydrogen-bond donors (Lipinski definition) is 1. The molecule has 0 bridgehead atoms. The summed E-state index contributed by atoms with van der Waals surface area (Å²) in [6.07, 6.45) is 5.46. The molecule has 0 saturated carbocycles. The number of ether oxygens (including phenoxy) is 1. The molecule has 2 aromatic carbocycles. The fourth-order valence-electron chi connectivity index (χ4n) is 5.28. The summed E-state index contributed by atoms with van der Waals surface area (Å²) in [6, 6.07) is 15.8. The van der Waals surface area contributed by atoms with E-state index < -0.39 is 0 Å². The summed E-state index contributed by atoms with van der Waals surface area (Å²) in [6.45, 7) is 3.40. The highest BCUT2D eigenvalue weighted by atomic mass is 16.5. The molecule has 1 atom stereocenters. The Hall–Kier alpha value is -4.04. The number of hydrogen-bond acceptors (Lipinski definition) is 5. The molecule has 1 N–H and O–H groups in total. The van der Waals surface area contributed by atoms with E-state index in [0.717, 1.165) is 23.9 Å². The normalized spacial score (nSPS) is 15.6. The first-order valence-electron chi connectivity index (χ1n) is 12.5. The fraction of sp³-hybridized carbons (Fsp3) is 0.310. The number of aromatic nitrogens is 3. The van der Waals surface area contributed by atoms with E-state index in [1.54, 1.807) is 18.5 Å². The van der Waals surface area contributed by atoms with E-state index in [2.05, 4.69) is 35.4 Å². The van der Waals surface area contributed by atoms with Gasteiger partial charge < -0.3 is 19.5 Å². The summed E-state index contributed by atoms with van der Waals surface area (Å²) in [5.74, 6) is 0.647. The maximum atomic E-state index is 13.8. The Morgan fingerprint density at radius 3 is 2.76 bits per heavy atom. The van der Waals surface area contributed by atoms with Gasteiger partial charge in [-0.1, -0.05) is 24.3 Å². The molecule has 5 rings (SSSR count). The van der Waals surface area contributed by atoms with Crippen molar-refractivity contribution in [3.05, 3.63) is 77.6 Å². The van der Waals surface area contributed by atoms with Crippen molar-refractivity contribution in [2.24, 2.45) is 7.05 Å². The first-order valence-corrected chi connectivity index (χ1v) is 12.5. The van der Waals surface area contributed by atoms with Crippen molar-refractivity contribution >= 4 is 28.5 Å². The van der Waals surface area contributed by atoms with Crippen molar-refractivity contribution in [1.29, 1.82) is 0 Å². The largest absolute Gasteiger partial charge is 0.375 e. The number of likely N-dealkylation sites (tertiary alicyclic amines) is 1. The Labute approximate surface area is 216 Å². The van der Waals surface area contributed by atoms with E-state index in [1.165, 1.54) is 18.2 Å². The van der Waals surface area contributed by atoms with E-state index >= 15 is 0 Å². The van der Waals surface area contributed by atoms with Crippen LogP contribution in [0.3, 0.4) is 0 Å². The number of imidazole rings is 1. The molecule has 2 aromatic heterocycles. The Balaban J connectivity index is 1.52. The topological polar surface area (TPSA) is 89.3 Å². The van der Waals surface area contributed by atoms with Crippen molar-refractivity contribution in [2.45, 2.75) is 25.7 Å². The zero-order valence-corrected chi connectivity index (χ0v) is 21.4. The van der Waals surface area contributed by atoms with Gasteiger partial charge in [0, 0.05) is 56.7 Å². The van der Waals surface area contributed by atoms with Crippen LogP contribution in [-0.4, -0.2) is 58.1 Å². The highest BCUT2D eigenvalue weighted by molar-refractivity contribution is 6.06. The molecule has 1 saturated heterocycles. The van der Waals surface area contributed by atoms with Crippen LogP contribution in [0.4, 0.5) is 5.69 Å². The standard InChI is InChI=1S/C29H31N5O3/c1-19-8-4-5-11-23(19)21-10-7-13-34(17-21)29(36)22-14-24(31-26(35)18-37-3)27-25(15-22)32-28(33(27)2)20-9-6-12-30-16-20/h4-6,8-9,11-12,14-16,21H,7,10,13,17-18H2,1-3H3,(H,31,35)/t21-/m0/s1. The van der Waals surface area contributed by atoms with Crippen LogP contribution in [0, 0.1) is 6.92 Å². The van der Waals surface area contributed by atoms with Gasteiger partial charge in [-0.25, -0.2) is 4.98 Å². The summed E-state index contributed by atoms with van der Waals surface area (Å²) in [5.41, 5.74) is 5.79. The van der Waals surface area contributed by atoms with Gasteiger partial charge in [0.1, 0.15) is 12.4 Å². The molecule has 4 aromatic rings. The molecule has 3 heterocycles. The van der Waals surface area contributed by atoms with Gasteiger partial charge >= 0.3 is 0 Å². The number of nitrogens with zero attached hydrogens (tertiary/aromatic N) is 4. The van der Waals surface area contributed by atoms with Crippen molar-refractivity contribution in [3.63, 3.8) is 0 Å². The minimum atomic E-state index is -0.296. The monoisotopic (exact) mass is 497 g/mol. The van der Waals surface area contributed by atoms with Gasteiger partial charge in [-0.2, -0.15) is 0 Å². The number of pyridine rings is 1. The Bertz CT molecular complexity index is 1450. The van der Waals surface area contributed by atoms with Crippen LogP contribution in [0.5, 0.6) is 0 Å². The number of anilines is 1. The molecular formula is C29H31N5O3. The van der Waals surface area contributed by atoms with Gasteiger partial charge in [0.15, 0.2) is 0 Å². The summed E-state index contributed by atoms with van der Waals surface area (Å²) in [4.78, 5) is 37.2. The summed E-state index contributed by atoms with van der Waals surface area (Å²) in [5, 5.41) is 2.92. The first-order chi connectivity index (χ1) is 18.0. The van der Waals surface area contributed by atoms with Crippen LogP contribution in [0.1, 0.15) is 40.2 Å². The SMILES string of the molecule is COCC(=O)Nc1cc(C(=O)N2CCC[C@H](c3ccccc3C)C2)cc2nc(-c3cccnc3)n(C)c12. The number of methoxy groups -OCH3 is 1. The van der Waals surface area contributed by atoms with Crippen molar-refractivity contribution in [2.75, 3.05) is 32.1 Å². The molecule has 37 heavy (non-hydrogen) atoms. The maximum absolute atomic E-state index is 13.8. The summed E-state index contributed by atoms with van der Waals surface area (Å²) in [7, 11) is 3.36. The van der Waals surface area contributed by atoms with E-state index in [1.807, 2.05) is 40.8 Å². The van der Waals surface area contributed by atoms with Crippen LogP contribution in [0.2, 0.25) is 0 Å². The molecule has 8 heteroatoms. The number of nitrogens with one attached hydrogen (secondary N) is 1. The average molecular weight is 498 g/mol. The number of aryl methyl sites for hydroxylation is 2. The number of carbonyl (C=O) groups excluding carboxylic acids is 2. The summed E-state index contributed by atoms with van der Waals surface area (Å²) >= 11 is 0. The lowest BCUT2D eigenvalue weighted by atomic mass is 9.88. The second-order valence-electron chi connectivity index (χ2n) is 9.56. The minimum absolute atomic E-state index is 0.0593. The van der Waals surface area contributed by atoms with E-state index in [9.17, 15) is 9.59 Å². The lowest BCUT2D eigenvalue weighted by Crippen LogP contribution is -2.39. The maximum Gasteiger partial charge on any atom is 0.254 e. The number of piperidine rings is 1. The Kier molecular flexibility index (Phi) is 7.01. The average Bonchev–Trinajstić information content (AvgIpc) is 3.25. The van der Waals surface area contributed by atoms with Crippen molar-refractivity contribution < 1.29 is 14.3 Å². The van der Waals surface area contributed by atoms with Crippen LogP contribution in [0.15, 0.2) is 60.9 Å². The van der Waals surface area contributed by atoms with Gasteiger partial charge in [0.25, 0.3) is 5.91 Å². The zero-order chi connectivity index (χ0) is 25.9. The van der Waals surface area contributed by atoms with Gasteiger partial charge in [-0.15, -0.1) is 0 Å². The number of carbonyl (C=O) groups is 2. The summed E-state index contributed by atoms with van der Waals surface area (Å²) < 4.78 is 6.93. The number of rotatable bonds is 6. The molecule has 0 aliphatic carbocycles. The molecular weight excluding hydrogens is 466 g/mol. The second kappa shape index (κ2) is 10.5. The predicted octanol–water partition coefficient (Wildman–Crippen LogP) is 4.55. The molecule has 1 fully saturated rings. The number of amides is 2. The number of fused-ring (bicyclic) bond motifs is 1. The predicted molar refractivity (Wildman–Crippen MR) is 144 cm³/mol. The van der Waals surface area contributed by atoms with E-state index in [4.69, 9.17) is 9.72 Å². The fourth-order valence-corrected chi connectivity index (χ4v) is 5.28. The van der Waals surface area contributed by atoms with Gasteiger partial charge in [0.2, 0.25) is 5.91 Å². The van der Waals surface area contributed by atoms with E-state index in [0.29, 0.717) is 41.6 Å². The van der Waals surface area contributed by atoms with E-state index in [-0.39, 0.29) is 18.4 Å². The third-order valence-corrected chi connectivity index (χ3v) is 7.02. The second-order valence-corrected chi connectivity index (χ2v) is 9.56. The lowest BCUT2D eigenvalue weighted by molar-refractivity contribution is -0.119. The minimum Gasteiger partial charge on any atom is -0.375 e. The molecule has 1 aliphatic heterocycles. The third kappa shape index (κ3) is 4.97. The smallest absolute Gasteiger partial charge is 0.254 e. The van der Waals surface area contributed by atoms with Gasteiger partial charge in [-0.05, 0) is 55.2 Å². The molecule has 0 spiro atoms. The lowest BCUT2D eigenvalue weighted by Gasteiger charge is -2.34. The molecule has 8 nitrogen and oxygen atoms in total. The molecule has 1 aliphatic rings. The first kappa shape index (κ1) is 24.6.